The van der Waals surface area contributed by atoms with E-state index < -0.39 is 0 Å². The molecular weight excluding hydrogens is 891 g/mol. The summed E-state index contributed by atoms with van der Waals surface area (Å²) < 4.78 is 11.8. The summed E-state index contributed by atoms with van der Waals surface area (Å²) in [7, 11) is 0. The molecule has 0 aliphatic carbocycles. The van der Waals surface area contributed by atoms with E-state index in [9.17, 15) is 0 Å². The molecule has 0 amide bonds. The van der Waals surface area contributed by atoms with Crippen LogP contribution >= 0.6 is 0 Å². The summed E-state index contributed by atoms with van der Waals surface area (Å²) in [5, 5.41) is 16.0. The van der Waals surface area contributed by atoms with Crippen molar-refractivity contribution in [2.24, 2.45) is 0 Å². The standard InChI is InChI=1S/C67H39N5O/c1-2-22-48(23-3-1)71-56-28-13-12-26-51(56)53-35-46(30-31-57(53)71)65-68-66(70-67(69-65)52-27-14-21-40-15-8-10-24-49(40)52)47-37-60(64-55-34-43-18-5-7-20-45(43)38-61(55)73-62(64)39-47)72-58-32-29-41-16-9-11-25-50(41)63(58)54-33-42-17-4-6-19-44(42)36-59(54)72/h1-39H. The molecule has 73 heavy (non-hydrogen) atoms. The van der Waals surface area contributed by atoms with Crippen LogP contribution in [0.4, 0.5) is 0 Å². The van der Waals surface area contributed by atoms with Crippen molar-refractivity contribution in [1.82, 2.24) is 24.1 Å². The summed E-state index contributed by atoms with van der Waals surface area (Å²) in [5.74, 6) is 1.72. The first-order valence-electron chi connectivity index (χ1n) is 24.7. The summed E-state index contributed by atoms with van der Waals surface area (Å²) in [6, 6.07) is 84.5. The maximum atomic E-state index is 7.05. The van der Waals surface area contributed by atoms with Crippen LogP contribution in [0.25, 0.3) is 154 Å². The maximum absolute atomic E-state index is 7.05. The Morgan fingerprint density at radius 1 is 0.288 bits per heavy atom. The summed E-state index contributed by atoms with van der Waals surface area (Å²) in [6.45, 7) is 0. The molecule has 0 N–H and O–H groups in total. The molecule has 0 aliphatic heterocycles. The van der Waals surface area contributed by atoms with Crippen LogP contribution in [0.2, 0.25) is 0 Å². The predicted molar refractivity (Wildman–Crippen MR) is 302 cm³/mol. The lowest BCUT2D eigenvalue weighted by Gasteiger charge is -2.14. The lowest BCUT2D eigenvalue weighted by molar-refractivity contribution is 0.669. The van der Waals surface area contributed by atoms with Crippen LogP contribution in [-0.2, 0) is 0 Å². The van der Waals surface area contributed by atoms with E-state index >= 15 is 0 Å². The van der Waals surface area contributed by atoms with Crippen molar-refractivity contribution < 1.29 is 4.42 Å². The first-order valence-corrected chi connectivity index (χ1v) is 24.7. The fraction of sp³-hybridized carbons (Fsp3) is 0. The molecule has 6 nitrogen and oxygen atoms in total. The van der Waals surface area contributed by atoms with Crippen LogP contribution in [0.5, 0.6) is 0 Å². The van der Waals surface area contributed by atoms with Gasteiger partial charge in [-0.25, -0.2) is 15.0 Å². The summed E-state index contributed by atoms with van der Waals surface area (Å²) in [5.41, 5.74) is 10.8. The van der Waals surface area contributed by atoms with Gasteiger partial charge >= 0.3 is 0 Å². The molecule has 0 atom stereocenters. The van der Waals surface area contributed by atoms with E-state index in [2.05, 4.69) is 246 Å². The molecule has 0 radical (unpaired) electrons. The van der Waals surface area contributed by atoms with Crippen molar-refractivity contribution in [2.45, 2.75) is 0 Å². The van der Waals surface area contributed by atoms with Gasteiger partial charge in [0.1, 0.15) is 11.2 Å². The monoisotopic (exact) mass is 929 g/mol. The van der Waals surface area contributed by atoms with E-state index in [-0.39, 0.29) is 0 Å². The van der Waals surface area contributed by atoms with E-state index in [1.807, 2.05) is 0 Å². The van der Waals surface area contributed by atoms with Gasteiger partial charge in [0.05, 0.1) is 33.1 Å². The number of benzene rings is 12. The largest absolute Gasteiger partial charge is 0.456 e. The van der Waals surface area contributed by atoms with Crippen LogP contribution in [0.15, 0.2) is 241 Å². The second kappa shape index (κ2) is 15.3. The highest BCUT2D eigenvalue weighted by Gasteiger charge is 2.24. The van der Waals surface area contributed by atoms with Gasteiger partial charge in [-0.1, -0.05) is 158 Å². The number of fused-ring (bicyclic) bond motifs is 14. The minimum atomic E-state index is 0.546. The van der Waals surface area contributed by atoms with Crippen molar-refractivity contribution in [1.29, 1.82) is 0 Å². The zero-order valence-corrected chi connectivity index (χ0v) is 39.2. The fourth-order valence-corrected chi connectivity index (χ4v) is 11.7. The Kier molecular flexibility index (Phi) is 8.36. The van der Waals surface area contributed by atoms with Gasteiger partial charge in [-0.15, -0.1) is 0 Å². The summed E-state index contributed by atoms with van der Waals surface area (Å²) in [6.07, 6.45) is 0. The molecule has 16 aromatic rings. The average Bonchev–Trinajstić information content (AvgIpc) is 4.10. The third kappa shape index (κ3) is 6.01. The normalized spacial score (nSPS) is 12.1. The first kappa shape index (κ1) is 39.9. The molecule has 338 valence electrons. The Balaban J connectivity index is 1.01. The fourth-order valence-electron chi connectivity index (χ4n) is 11.7. The Morgan fingerprint density at radius 2 is 0.877 bits per heavy atom. The Labute approximate surface area is 417 Å². The van der Waals surface area contributed by atoms with E-state index in [0.717, 1.165) is 104 Å². The molecular formula is C67H39N5O. The van der Waals surface area contributed by atoms with Gasteiger partial charge in [-0.3, -0.25) is 0 Å². The maximum Gasteiger partial charge on any atom is 0.164 e. The Bertz CT molecular complexity index is 4980. The predicted octanol–water partition coefficient (Wildman–Crippen LogP) is 17.6. The van der Waals surface area contributed by atoms with Crippen LogP contribution in [0, 0.1) is 0 Å². The minimum Gasteiger partial charge on any atom is -0.456 e. The zero-order chi connectivity index (χ0) is 47.7. The molecule has 4 aromatic heterocycles. The van der Waals surface area contributed by atoms with Crippen LogP contribution < -0.4 is 0 Å². The lowest BCUT2D eigenvalue weighted by atomic mass is 10.0. The highest BCUT2D eigenvalue weighted by atomic mass is 16.3. The highest BCUT2D eigenvalue weighted by molar-refractivity contribution is 6.25. The lowest BCUT2D eigenvalue weighted by Crippen LogP contribution is -2.02. The molecule has 0 unspecified atom stereocenters. The third-order valence-corrected chi connectivity index (χ3v) is 15.1. The molecule has 12 aromatic carbocycles. The van der Waals surface area contributed by atoms with Gasteiger partial charge in [-0.2, -0.15) is 0 Å². The van der Waals surface area contributed by atoms with Crippen LogP contribution in [-0.4, -0.2) is 24.1 Å². The van der Waals surface area contributed by atoms with E-state index in [1.54, 1.807) is 0 Å². The zero-order valence-electron chi connectivity index (χ0n) is 39.2. The van der Waals surface area contributed by atoms with Crippen molar-refractivity contribution in [2.75, 3.05) is 0 Å². The van der Waals surface area contributed by atoms with Gasteiger partial charge in [0, 0.05) is 49.3 Å². The molecule has 16 rings (SSSR count). The van der Waals surface area contributed by atoms with Crippen LogP contribution in [0.3, 0.4) is 0 Å². The van der Waals surface area contributed by atoms with Crippen molar-refractivity contribution in [3.05, 3.63) is 237 Å². The topological polar surface area (TPSA) is 61.7 Å². The van der Waals surface area contributed by atoms with Crippen molar-refractivity contribution in [3.63, 3.8) is 0 Å². The number of hydrogen-bond donors (Lipinski definition) is 0. The quantitative estimate of drug-likeness (QED) is 0.173. The molecule has 0 saturated heterocycles. The highest BCUT2D eigenvalue weighted by Crippen LogP contribution is 2.45. The number of furan rings is 1. The second-order valence-electron chi connectivity index (χ2n) is 19.2. The first-order chi connectivity index (χ1) is 36.2. The second-order valence-corrected chi connectivity index (χ2v) is 19.2. The molecule has 0 bridgehead atoms. The number of hydrogen-bond acceptors (Lipinski definition) is 4. The van der Waals surface area contributed by atoms with Gasteiger partial charge in [0.15, 0.2) is 17.5 Å². The number of aromatic nitrogens is 5. The van der Waals surface area contributed by atoms with Crippen molar-refractivity contribution in [3.8, 4) is 45.5 Å². The number of rotatable bonds is 5. The smallest absolute Gasteiger partial charge is 0.164 e. The SMILES string of the molecule is c1ccc(-n2c3ccccc3c3cc(-c4nc(-c5cc(-n6c7cc8ccccc8cc7c7c8ccccc8ccc76)c6c(c5)oc5cc7ccccc7cc56)nc(-c5cccc6ccccc56)n4)ccc32)cc1. The van der Waals surface area contributed by atoms with E-state index in [0.29, 0.717) is 17.5 Å². The van der Waals surface area contributed by atoms with Gasteiger partial charge in [0.25, 0.3) is 0 Å². The van der Waals surface area contributed by atoms with Gasteiger partial charge < -0.3 is 13.6 Å². The third-order valence-electron chi connectivity index (χ3n) is 15.1. The van der Waals surface area contributed by atoms with Gasteiger partial charge in [0.2, 0.25) is 0 Å². The minimum absolute atomic E-state index is 0.546. The van der Waals surface area contributed by atoms with Crippen LogP contribution in [0.1, 0.15) is 0 Å². The summed E-state index contributed by atoms with van der Waals surface area (Å²) in [4.78, 5) is 16.3. The molecule has 0 saturated carbocycles. The van der Waals surface area contributed by atoms with Crippen molar-refractivity contribution >= 4 is 109 Å². The Hall–Kier alpha value is -9.91. The number of nitrogens with zero attached hydrogens (tertiary/aromatic N) is 5. The molecule has 0 spiro atoms. The average molecular weight is 930 g/mol. The van der Waals surface area contributed by atoms with Gasteiger partial charge in [-0.05, 0) is 122 Å². The van der Waals surface area contributed by atoms with E-state index in [1.165, 1.54) is 32.3 Å². The molecule has 0 aliphatic rings. The molecule has 6 heteroatoms. The molecule has 4 heterocycles. The number of para-hydroxylation sites is 2. The molecule has 0 fully saturated rings. The van der Waals surface area contributed by atoms with E-state index in [4.69, 9.17) is 19.4 Å². The Morgan fingerprint density at radius 3 is 1.67 bits per heavy atom. The summed E-state index contributed by atoms with van der Waals surface area (Å²) >= 11 is 0.